The van der Waals surface area contributed by atoms with Crippen LogP contribution in [0.25, 0.3) is 0 Å². The summed E-state index contributed by atoms with van der Waals surface area (Å²) in [7, 11) is 0. The summed E-state index contributed by atoms with van der Waals surface area (Å²) in [5.74, 6) is -2.27. The summed E-state index contributed by atoms with van der Waals surface area (Å²) < 4.78 is 0. The van der Waals surface area contributed by atoms with Crippen molar-refractivity contribution >= 4 is 29.7 Å². The minimum atomic E-state index is -1.14. The molecule has 0 saturated carbocycles. The number of nitrogens with one attached hydrogen (secondary N) is 6. The maximum atomic E-state index is 13.6. The van der Waals surface area contributed by atoms with Crippen LogP contribution in [0.4, 0.5) is 4.79 Å². The number of nitrogens with two attached hydrogens (primary N) is 2. The summed E-state index contributed by atoms with van der Waals surface area (Å²) in [4.78, 5) is 65.4. The molecule has 6 amide bonds. The van der Waals surface area contributed by atoms with Gasteiger partial charge in [-0.1, -0.05) is 42.5 Å². The summed E-state index contributed by atoms with van der Waals surface area (Å²) in [6.07, 6.45) is 1.45. The fourth-order valence-corrected chi connectivity index (χ4v) is 4.59. The molecule has 1 saturated heterocycles. The SMILES string of the molecule is NCCNC(=O)[C@@H]1CNC(=O)NCCCC[C@@H](NC(=O)[C@@H](N)Cc2ccc(O)cc2)C(=O)N[C@@H](Cc2ccccc2)C(=O)N1. The number of aromatic hydroxyl groups is 1. The van der Waals surface area contributed by atoms with Crippen LogP contribution in [0, 0.1) is 0 Å². The van der Waals surface area contributed by atoms with Crippen LogP contribution in [-0.4, -0.2) is 85.1 Å². The zero-order valence-corrected chi connectivity index (χ0v) is 24.5. The molecule has 1 fully saturated rings. The monoisotopic (exact) mass is 610 g/mol. The maximum absolute atomic E-state index is 13.6. The molecule has 0 bridgehead atoms. The van der Waals surface area contributed by atoms with Crippen LogP contribution < -0.4 is 43.4 Å². The topological polar surface area (TPSA) is 230 Å². The van der Waals surface area contributed by atoms with Crippen LogP contribution in [-0.2, 0) is 32.0 Å². The Morgan fingerprint density at radius 1 is 0.932 bits per heavy atom. The lowest BCUT2D eigenvalue weighted by molar-refractivity contribution is -0.134. The van der Waals surface area contributed by atoms with Crippen LogP contribution in [0.2, 0.25) is 0 Å². The molecule has 2 aromatic rings. The van der Waals surface area contributed by atoms with E-state index in [1.807, 2.05) is 6.07 Å². The van der Waals surface area contributed by atoms with Crippen LogP contribution in [0.1, 0.15) is 30.4 Å². The molecule has 44 heavy (non-hydrogen) atoms. The van der Waals surface area contributed by atoms with E-state index in [9.17, 15) is 29.1 Å². The smallest absolute Gasteiger partial charge is 0.314 e. The average Bonchev–Trinajstić information content (AvgIpc) is 3.01. The lowest BCUT2D eigenvalue weighted by atomic mass is 10.0. The van der Waals surface area contributed by atoms with Crippen LogP contribution in [0.3, 0.4) is 0 Å². The fourth-order valence-electron chi connectivity index (χ4n) is 4.59. The Morgan fingerprint density at radius 3 is 2.36 bits per heavy atom. The van der Waals surface area contributed by atoms with Crippen molar-refractivity contribution < 1.29 is 29.1 Å². The number of carbonyl (C=O) groups is 5. The normalized spacial score (nSPS) is 20.8. The first kappa shape index (κ1) is 33.8. The number of urea groups is 1. The zero-order valence-electron chi connectivity index (χ0n) is 24.5. The quantitative estimate of drug-likeness (QED) is 0.162. The van der Waals surface area contributed by atoms with Gasteiger partial charge in [-0.15, -0.1) is 0 Å². The Bertz CT molecular complexity index is 1260. The molecule has 4 atom stereocenters. The van der Waals surface area contributed by atoms with Crippen molar-refractivity contribution in [1.82, 2.24) is 31.9 Å². The molecule has 1 aliphatic heterocycles. The molecule has 1 aliphatic rings. The van der Waals surface area contributed by atoms with E-state index < -0.39 is 53.8 Å². The van der Waals surface area contributed by atoms with Crippen molar-refractivity contribution in [2.24, 2.45) is 11.5 Å². The Hall–Kier alpha value is -4.69. The predicted molar refractivity (Wildman–Crippen MR) is 163 cm³/mol. The molecule has 0 radical (unpaired) electrons. The van der Waals surface area contributed by atoms with Gasteiger partial charge >= 0.3 is 6.03 Å². The maximum Gasteiger partial charge on any atom is 0.314 e. The third-order valence-electron chi connectivity index (χ3n) is 7.03. The van der Waals surface area contributed by atoms with Gasteiger partial charge in [0.25, 0.3) is 0 Å². The van der Waals surface area contributed by atoms with E-state index in [1.165, 1.54) is 12.1 Å². The van der Waals surface area contributed by atoms with Crippen LogP contribution in [0.15, 0.2) is 54.6 Å². The number of rotatable bonds is 9. The lowest BCUT2D eigenvalue weighted by Crippen LogP contribution is -2.60. The van der Waals surface area contributed by atoms with E-state index in [4.69, 9.17) is 11.5 Å². The lowest BCUT2D eigenvalue weighted by Gasteiger charge is -2.26. The number of phenols is 1. The van der Waals surface area contributed by atoms with E-state index >= 15 is 0 Å². The van der Waals surface area contributed by atoms with Crippen LogP contribution in [0.5, 0.6) is 5.75 Å². The molecule has 3 rings (SSSR count). The van der Waals surface area contributed by atoms with Gasteiger partial charge in [0.1, 0.15) is 23.9 Å². The highest BCUT2D eigenvalue weighted by atomic mass is 16.3. The molecular weight excluding hydrogens is 568 g/mol. The fraction of sp³-hybridized carbons (Fsp3) is 0.433. The molecule has 238 valence electrons. The molecule has 1 heterocycles. The number of hydrogen-bond donors (Lipinski definition) is 9. The molecule has 11 N–H and O–H groups in total. The first-order valence-corrected chi connectivity index (χ1v) is 14.6. The summed E-state index contributed by atoms with van der Waals surface area (Å²) >= 11 is 0. The summed E-state index contributed by atoms with van der Waals surface area (Å²) in [5, 5.41) is 25.5. The van der Waals surface area contributed by atoms with Crippen molar-refractivity contribution in [3.63, 3.8) is 0 Å². The second-order valence-corrected chi connectivity index (χ2v) is 10.6. The van der Waals surface area contributed by atoms with Gasteiger partial charge in [-0.25, -0.2) is 4.79 Å². The van der Waals surface area contributed by atoms with E-state index in [0.717, 1.165) is 11.1 Å². The molecule has 0 aliphatic carbocycles. The average molecular weight is 611 g/mol. The zero-order chi connectivity index (χ0) is 31.9. The molecule has 14 heteroatoms. The van der Waals surface area contributed by atoms with Crippen molar-refractivity contribution in [1.29, 1.82) is 0 Å². The van der Waals surface area contributed by atoms with Crippen LogP contribution >= 0.6 is 0 Å². The van der Waals surface area contributed by atoms with Gasteiger partial charge in [0.05, 0.1) is 6.04 Å². The number of hydrogen-bond acceptors (Lipinski definition) is 8. The third-order valence-corrected chi connectivity index (χ3v) is 7.03. The van der Waals surface area contributed by atoms with Gasteiger partial charge in [0.15, 0.2) is 0 Å². The van der Waals surface area contributed by atoms with Gasteiger partial charge in [-0.2, -0.15) is 0 Å². The van der Waals surface area contributed by atoms with Crippen molar-refractivity contribution in [3.8, 4) is 5.75 Å². The molecule has 0 aromatic heterocycles. The summed E-state index contributed by atoms with van der Waals surface area (Å²) in [6, 6.07) is 10.5. The number of benzene rings is 2. The van der Waals surface area contributed by atoms with Crippen molar-refractivity contribution in [2.75, 3.05) is 26.2 Å². The summed E-state index contributed by atoms with van der Waals surface area (Å²) in [6.45, 7) is 0.426. The second-order valence-electron chi connectivity index (χ2n) is 10.6. The highest BCUT2D eigenvalue weighted by Gasteiger charge is 2.31. The van der Waals surface area contributed by atoms with Gasteiger partial charge in [-0.05, 0) is 48.9 Å². The van der Waals surface area contributed by atoms with Crippen molar-refractivity contribution in [3.05, 3.63) is 65.7 Å². The van der Waals surface area contributed by atoms with E-state index in [0.29, 0.717) is 12.8 Å². The third kappa shape index (κ3) is 11.2. The highest BCUT2D eigenvalue weighted by Crippen LogP contribution is 2.12. The number of amides is 6. The largest absolute Gasteiger partial charge is 0.508 e. The first-order valence-electron chi connectivity index (χ1n) is 14.6. The molecule has 14 nitrogen and oxygen atoms in total. The Morgan fingerprint density at radius 2 is 1.66 bits per heavy atom. The Labute approximate surface area is 256 Å². The standard InChI is InChI=1S/C30H42N8O6/c31-13-15-33-27(41)25-18-35-30(44)34-14-5-4-8-23(36-26(40)22(32)16-20-9-11-21(39)12-10-20)28(42)37-24(29(43)38-25)17-19-6-2-1-3-7-19/h1-3,6-7,9-12,22-25,39H,4-5,8,13-18,31-32H2,(H,33,41)(H,36,40)(H,37,42)(H,38,43)(H2,34,35,44)/t22-,23+,24-,25-/m0/s1. The predicted octanol–water partition coefficient (Wildman–Crippen LogP) is -1.48. The van der Waals surface area contributed by atoms with E-state index in [1.54, 1.807) is 36.4 Å². The Kier molecular flexibility index (Phi) is 13.4. The summed E-state index contributed by atoms with van der Waals surface area (Å²) in [5.41, 5.74) is 13.1. The highest BCUT2D eigenvalue weighted by molar-refractivity contribution is 5.95. The minimum absolute atomic E-state index is 0.0856. The molecule has 2 aromatic carbocycles. The van der Waals surface area contributed by atoms with Gasteiger partial charge in [-0.3, -0.25) is 19.2 Å². The minimum Gasteiger partial charge on any atom is -0.508 e. The second kappa shape index (κ2) is 17.4. The van der Waals surface area contributed by atoms with Gasteiger partial charge in [0, 0.05) is 32.6 Å². The van der Waals surface area contributed by atoms with Gasteiger partial charge < -0.3 is 48.5 Å². The first-order chi connectivity index (χ1) is 21.2. The molecular formula is C30H42N8O6. The van der Waals surface area contributed by atoms with E-state index in [-0.39, 0.29) is 51.2 Å². The Balaban J connectivity index is 1.82. The van der Waals surface area contributed by atoms with E-state index in [2.05, 4.69) is 31.9 Å². The van der Waals surface area contributed by atoms with Crippen molar-refractivity contribution in [2.45, 2.75) is 56.3 Å². The molecule has 0 spiro atoms. The number of phenolic OH excluding ortho intramolecular Hbond substituents is 1. The number of carbonyl (C=O) groups excluding carboxylic acids is 5. The molecule has 0 unspecified atom stereocenters. The van der Waals surface area contributed by atoms with Gasteiger partial charge in [0.2, 0.25) is 23.6 Å².